The van der Waals surface area contributed by atoms with Gasteiger partial charge in [0.05, 0.1) is 11.0 Å². The summed E-state index contributed by atoms with van der Waals surface area (Å²) in [6.07, 6.45) is 2.55. The summed E-state index contributed by atoms with van der Waals surface area (Å²) >= 11 is 0. The molecule has 1 fully saturated rings. The quantitative estimate of drug-likeness (QED) is 0.583. The van der Waals surface area contributed by atoms with Crippen LogP contribution in [0.4, 0.5) is 0 Å². The average molecular weight is 393 g/mol. The monoisotopic (exact) mass is 393 g/mol. The van der Waals surface area contributed by atoms with E-state index < -0.39 is 12.0 Å². The molecule has 4 rings (SSSR count). The smallest absolute Gasteiger partial charge is 0.326 e. The summed E-state index contributed by atoms with van der Waals surface area (Å²) in [4.78, 5) is 28.7. The van der Waals surface area contributed by atoms with Crippen LogP contribution in [-0.2, 0) is 22.7 Å². The summed E-state index contributed by atoms with van der Waals surface area (Å²) in [5, 5.41) is 12.1. The van der Waals surface area contributed by atoms with Gasteiger partial charge >= 0.3 is 5.97 Å². The van der Waals surface area contributed by atoms with Crippen LogP contribution in [-0.4, -0.2) is 32.6 Å². The minimum absolute atomic E-state index is 0.0115. The molecule has 0 saturated heterocycles. The molecule has 1 aromatic heterocycles. The number of imidazole rings is 1. The second-order valence-electron chi connectivity index (χ2n) is 7.34. The Labute approximate surface area is 168 Å². The zero-order chi connectivity index (χ0) is 20.2. The van der Waals surface area contributed by atoms with Crippen LogP contribution >= 0.6 is 0 Å². The molecule has 0 aliphatic heterocycles. The van der Waals surface area contributed by atoms with Crippen LogP contribution < -0.4 is 10.1 Å². The fourth-order valence-corrected chi connectivity index (χ4v) is 3.37. The first kappa shape index (κ1) is 19.0. The normalized spacial score (nSPS) is 14.5. The Balaban J connectivity index is 1.51. The number of benzene rings is 2. The van der Waals surface area contributed by atoms with Crippen LogP contribution in [0.3, 0.4) is 0 Å². The third kappa shape index (κ3) is 4.74. The first-order valence-electron chi connectivity index (χ1n) is 9.74. The lowest BCUT2D eigenvalue weighted by Gasteiger charge is -2.15. The van der Waals surface area contributed by atoms with Crippen molar-refractivity contribution in [2.24, 2.45) is 5.92 Å². The summed E-state index contributed by atoms with van der Waals surface area (Å²) in [6, 6.07) is 16.1. The van der Waals surface area contributed by atoms with Crippen molar-refractivity contribution in [2.75, 3.05) is 0 Å². The molecule has 0 bridgehead atoms. The van der Waals surface area contributed by atoms with E-state index in [4.69, 9.17) is 4.74 Å². The number of rotatable bonds is 9. The number of aromatic nitrogens is 2. The van der Waals surface area contributed by atoms with E-state index in [1.54, 1.807) is 4.57 Å². The molecule has 7 nitrogen and oxygen atoms in total. The van der Waals surface area contributed by atoms with Gasteiger partial charge in [0.1, 0.15) is 30.8 Å². The van der Waals surface area contributed by atoms with Crippen molar-refractivity contribution in [3.05, 3.63) is 60.4 Å². The van der Waals surface area contributed by atoms with Crippen molar-refractivity contribution in [1.29, 1.82) is 0 Å². The molecular weight excluding hydrogens is 370 g/mol. The lowest BCUT2D eigenvalue weighted by atomic mass is 10.1. The number of carboxylic acids is 1. The van der Waals surface area contributed by atoms with Crippen molar-refractivity contribution in [1.82, 2.24) is 14.9 Å². The first-order valence-corrected chi connectivity index (χ1v) is 9.74. The Morgan fingerprint density at radius 2 is 1.86 bits per heavy atom. The van der Waals surface area contributed by atoms with E-state index in [9.17, 15) is 14.7 Å². The van der Waals surface area contributed by atoms with E-state index in [-0.39, 0.29) is 19.1 Å². The van der Waals surface area contributed by atoms with Gasteiger partial charge in [0, 0.05) is 0 Å². The number of aliphatic carboxylic acids is 1. The first-order chi connectivity index (χ1) is 14.1. The van der Waals surface area contributed by atoms with Crippen molar-refractivity contribution in [3.63, 3.8) is 0 Å². The largest absolute Gasteiger partial charge is 0.486 e. The number of carbonyl (C=O) groups excluding carboxylic acids is 1. The number of fused-ring (bicyclic) bond motifs is 1. The predicted octanol–water partition coefficient (Wildman–Crippen LogP) is 2.98. The fraction of sp³-hybridized carbons (Fsp3) is 0.318. The molecule has 0 radical (unpaired) electrons. The van der Waals surface area contributed by atoms with E-state index >= 15 is 0 Å². The molecule has 1 heterocycles. The molecule has 1 aliphatic carbocycles. The van der Waals surface area contributed by atoms with Gasteiger partial charge < -0.3 is 19.7 Å². The maximum Gasteiger partial charge on any atom is 0.326 e. The topological polar surface area (TPSA) is 93.5 Å². The maximum absolute atomic E-state index is 12.6. The molecule has 1 saturated carbocycles. The van der Waals surface area contributed by atoms with E-state index in [0.717, 1.165) is 23.9 Å². The van der Waals surface area contributed by atoms with Gasteiger partial charge in [0.2, 0.25) is 5.91 Å². The number of nitrogens with one attached hydrogen (secondary N) is 1. The number of nitrogens with zero attached hydrogens (tertiary/aromatic N) is 2. The minimum Gasteiger partial charge on any atom is -0.486 e. The standard InChI is InChI=1S/C22H23N3O4/c26-21(24-18(22(27)28)12-15-10-11-15)13-25-19-9-5-4-8-17(19)23-20(25)14-29-16-6-2-1-3-7-16/h1-9,15,18H,10-14H2,(H,24,26)(H,27,28). The molecular formula is C22H23N3O4. The van der Waals surface area contributed by atoms with Crippen LogP contribution in [0.25, 0.3) is 11.0 Å². The zero-order valence-electron chi connectivity index (χ0n) is 16.0. The lowest BCUT2D eigenvalue weighted by molar-refractivity contribution is -0.142. The average Bonchev–Trinajstić information content (AvgIpc) is 3.48. The SMILES string of the molecule is O=C(Cn1c(COc2ccccc2)nc2ccccc21)NC(CC1CC1)C(=O)O. The highest BCUT2D eigenvalue weighted by atomic mass is 16.5. The minimum atomic E-state index is -0.992. The van der Waals surface area contributed by atoms with Crippen molar-refractivity contribution < 1.29 is 19.4 Å². The van der Waals surface area contributed by atoms with E-state index in [0.29, 0.717) is 23.9 Å². The molecule has 29 heavy (non-hydrogen) atoms. The molecule has 1 aliphatic rings. The molecule has 7 heteroatoms. The van der Waals surface area contributed by atoms with Gasteiger partial charge in [-0.15, -0.1) is 0 Å². The Morgan fingerprint density at radius 1 is 1.14 bits per heavy atom. The number of para-hydroxylation sites is 3. The maximum atomic E-state index is 12.6. The summed E-state index contributed by atoms with van der Waals surface area (Å²) in [7, 11) is 0. The predicted molar refractivity (Wildman–Crippen MR) is 107 cm³/mol. The summed E-state index contributed by atoms with van der Waals surface area (Å²) < 4.78 is 7.60. The van der Waals surface area contributed by atoms with Gasteiger partial charge in [-0.05, 0) is 36.6 Å². The second-order valence-corrected chi connectivity index (χ2v) is 7.34. The number of amides is 1. The summed E-state index contributed by atoms with van der Waals surface area (Å²) in [5.41, 5.74) is 1.57. The Bertz CT molecular complexity index is 1010. The Morgan fingerprint density at radius 3 is 2.59 bits per heavy atom. The van der Waals surface area contributed by atoms with E-state index in [2.05, 4.69) is 10.3 Å². The second kappa shape index (κ2) is 8.34. The van der Waals surface area contributed by atoms with Crippen LogP contribution in [0.15, 0.2) is 54.6 Å². The third-order valence-corrected chi connectivity index (χ3v) is 5.05. The highest BCUT2D eigenvalue weighted by Crippen LogP contribution is 2.33. The Kier molecular flexibility index (Phi) is 5.46. The zero-order valence-corrected chi connectivity index (χ0v) is 16.0. The van der Waals surface area contributed by atoms with E-state index in [1.165, 1.54) is 0 Å². The highest BCUT2D eigenvalue weighted by molar-refractivity contribution is 5.85. The van der Waals surface area contributed by atoms with Gasteiger partial charge in [-0.2, -0.15) is 0 Å². The molecule has 2 N–H and O–H groups in total. The summed E-state index contributed by atoms with van der Waals surface area (Å²) in [6.45, 7) is 0.193. The van der Waals surface area contributed by atoms with Gasteiger partial charge in [0.25, 0.3) is 0 Å². The summed E-state index contributed by atoms with van der Waals surface area (Å²) in [5.74, 6) is 0.390. The molecule has 2 aromatic carbocycles. The molecule has 1 unspecified atom stereocenters. The van der Waals surface area contributed by atoms with Gasteiger partial charge in [-0.25, -0.2) is 9.78 Å². The number of ether oxygens (including phenoxy) is 1. The molecule has 1 atom stereocenters. The van der Waals surface area contributed by atoms with Gasteiger partial charge in [0.15, 0.2) is 0 Å². The Hall–Kier alpha value is -3.35. The molecule has 0 spiro atoms. The van der Waals surface area contributed by atoms with Crippen LogP contribution in [0.2, 0.25) is 0 Å². The van der Waals surface area contributed by atoms with Gasteiger partial charge in [-0.3, -0.25) is 4.79 Å². The fourth-order valence-electron chi connectivity index (χ4n) is 3.37. The third-order valence-electron chi connectivity index (χ3n) is 5.05. The van der Waals surface area contributed by atoms with Crippen LogP contribution in [0.5, 0.6) is 5.75 Å². The number of hydrogen-bond acceptors (Lipinski definition) is 4. The number of hydrogen-bond donors (Lipinski definition) is 2. The van der Waals surface area contributed by atoms with Crippen molar-refractivity contribution in [2.45, 2.75) is 38.5 Å². The molecule has 150 valence electrons. The van der Waals surface area contributed by atoms with E-state index in [1.807, 2.05) is 54.6 Å². The number of carbonyl (C=O) groups is 2. The lowest BCUT2D eigenvalue weighted by Crippen LogP contribution is -2.42. The van der Waals surface area contributed by atoms with Crippen LogP contribution in [0, 0.1) is 5.92 Å². The van der Waals surface area contributed by atoms with Crippen molar-refractivity contribution in [3.8, 4) is 5.75 Å². The number of carboxylic acid groups (broad SMARTS) is 1. The molecule has 1 amide bonds. The molecule has 3 aromatic rings. The van der Waals surface area contributed by atoms with Crippen LogP contribution in [0.1, 0.15) is 25.1 Å². The van der Waals surface area contributed by atoms with Crippen molar-refractivity contribution >= 4 is 22.9 Å². The highest BCUT2D eigenvalue weighted by Gasteiger charge is 2.30. The van der Waals surface area contributed by atoms with Gasteiger partial charge in [-0.1, -0.05) is 43.2 Å².